The first kappa shape index (κ1) is 12.5. The van der Waals surface area contributed by atoms with E-state index in [2.05, 4.69) is 13.0 Å². The third-order valence-electron chi connectivity index (χ3n) is 2.94. The molecular weight excluding hydrogens is 158 g/mol. The zero-order valence-electron chi connectivity index (χ0n) is 9.34. The highest BCUT2D eigenvalue weighted by Crippen LogP contribution is 2.34. The van der Waals surface area contributed by atoms with Crippen LogP contribution in [0.1, 0.15) is 59.3 Å². The summed E-state index contributed by atoms with van der Waals surface area (Å²) in [5, 5.41) is 8.58. The highest BCUT2D eigenvalue weighted by atomic mass is 14.3. The fourth-order valence-electron chi connectivity index (χ4n) is 2.19. The zero-order chi connectivity index (χ0) is 10.1. The largest absolute Gasteiger partial charge is 0.198 e. The second-order valence-corrected chi connectivity index (χ2v) is 3.58. The summed E-state index contributed by atoms with van der Waals surface area (Å²) in [5.74, 6) is 1.57. The molecule has 1 aliphatic rings. The van der Waals surface area contributed by atoms with Crippen LogP contribution in [0.25, 0.3) is 0 Å². The Hall–Kier alpha value is -0.510. The van der Waals surface area contributed by atoms with Gasteiger partial charge < -0.3 is 0 Å². The highest BCUT2D eigenvalue weighted by molar-refractivity contribution is 4.82. The van der Waals surface area contributed by atoms with Crippen molar-refractivity contribution in [1.82, 2.24) is 0 Å². The Balaban J connectivity index is 0.000000671. The molecular formula is C12H23N. The first-order valence-corrected chi connectivity index (χ1v) is 5.75. The predicted octanol–water partition coefficient (Wildman–Crippen LogP) is 4.14. The SMILES string of the molecule is CC.CCC(CC#N)C1CCCC1. The normalized spacial score (nSPS) is 18.6. The molecule has 1 saturated carbocycles. The van der Waals surface area contributed by atoms with Gasteiger partial charge in [-0.15, -0.1) is 0 Å². The molecule has 0 aromatic heterocycles. The number of hydrogen-bond donors (Lipinski definition) is 0. The van der Waals surface area contributed by atoms with Crippen molar-refractivity contribution in [2.24, 2.45) is 11.8 Å². The maximum absolute atomic E-state index is 8.58. The van der Waals surface area contributed by atoms with E-state index >= 15 is 0 Å². The van der Waals surface area contributed by atoms with Gasteiger partial charge in [0.05, 0.1) is 6.07 Å². The van der Waals surface area contributed by atoms with Crippen LogP contribution in [-0.4, -0.2) is 0 Å². The molecule has 0 amide bonds. The predicted molar refractivity (Wildman–Crippen MR) is 57.3 cm³/mol. The Morgan fingerprint density at radius 2 is 1.85 bits per heavy atom. The average Bonchev–Trinajstić information content (AvgIpc) is 2.70. The summed E-state index contributed by atoms with van der Waals surface area (Å²) in [4.78, 5) is 0. The van der Waals surface area contributed by atoms with Gasteiger partial charge in [0.25, 0.3) is 0 Å². The summed E-state index contributed by atoms with van der Waals surface area (Å²) >= 11 is 0. The molecule has 13 heavy (non-hydrogen) atoms. The van der Waals surface area contributed by atoms with Crippen LogP contribution in [0, 0.1) is 23.2 Å². The molecule has 0 aromatic carbocycles. The van der Waals surface area contributed by atoms with Crippen molar-refractivity contribution in [1.29, 1.82) is 5.26 Å². The van der Waals surface area contributed by atoms with Crippen molar-refractivity contribution in [3.63, 3.8) is 0 Å². The molecule has 1 rings (SSSR count). The monoisotopic (exact) mass is 181 g/mol. The topological polar surface area (TPSA) is 23.8 Å². The molecule has 1 atom stereocenters. The molecule has 0 saturated heterocycles. The maximum Gasteiger partial charge on any atom is 0.0624 e. The summed E-state index contributed by atoms with van der Waals surface area (Å²) in [6.07, 6.45) is 7.51. The lowest BCUT2D eigenvalue weighted by molar-refractivity contribution is 0.334. The summed E-state index contributed by atoms with van der Waals surface area (Å²) in [6, 6.07) is 2.30. The number of nitriles is 1. The van der Waals surface area contributed by atoms with E-state index in [1.165, 1.54) is 32.1 Å². The third kappa shape index (κ3) is 4.31. The Labute approximate surface area is 83.1 Å². The quantitative estimate of drug-likeness (QED) is 0.642. The minimum atomic E-state index is 0.697. The van der Waals surface area contributed by atoms with E-state index in [9.17, 15) is 0 Å². The minimum Gasteiger partial charge on any atom is -0.198 e. The Morgan fingerprint density at radius 3 is 2.23 bits per heavy atom. The molecule has 0 bridgehead atoms. The van der Waals surface area contributed by atoms with E-state index in [-0.39, 0.29) is 0 Å². The van der Waals surface area contributed by atoms with Gasteiger partial charge in [0.2, 0.25) is 0 Å². The van der Waals surface area contributed by atoms with E-state index < -0.39 is 0 Å². The highest BCUT2D eigenvalue weighted by Gasteiger charge is 2.22. The van der Waals surface area contributed by atoms with Crippen LogP contribution >= 0.6 is 0 Å². The summed E-state index contributed by atoms with van der Waals surface area (Å²) in [7, 11) is 0. The van der Waals surface area contributed by atoms with E-state index in [4.69, 9.17) is 5.26 Å². The van der Waals surface area contributed by atoms with Gasteiger partial charge >= 0.3 is 0 Å². The minimum absolute atomic E-state index is 0.697. The molecule has 1 heteroatoms. The van der Waals surface area contributed by atoms with Crippen LogP contribution in [0.2, 0.25) is 0 Å². The van der Waals surface area contributed by atoms with E-state index in [1.54, 1.807) is 0 Å². The smallest absolute Gasteiger partial charge is 0.0624 e. The van der Waals surface area contributed by atoms with E-state index in [0.29, 0.717) is 5.92 Å². The molecule has 76 valence electrons. The number of nitrogens with zero attached hydrogens (tertiary/aromatic N) is 1. The van der Waals surface area contributed by atoms with Crippen LogP contribution in [0.5, 0.6) is 0 Å². The summed E-state index contributed by atoms with van der Waals surface area (Å²) < 4.78 is 0. The van der Waals surface area contributed by atoms with Crippen LogP contribution in [-0.2, 0) is 0 Å². The second kappa shape index (κ2) is 8.10. The molecule has 0 aromatic rings. The van der Waals surface area contributed by atoms with Crippen molar-refractivity contribution < 1.29 is 0 Å². The van der Waals surface area contributed by atoms with Crippen LogP contribution in [0.15, 0.2) is 0 Å². The van der Waals surface area contributed by atoms with Crippen LogP contribution in [0.3, 0.4) is 0 Å². The Bertz CT molecular complexity index is 140. The summed E-state index contributed by atoms with van der Waals surface area (Å²) in [6.45, 7) is 6.21. The van der Waals surface area contributed by atoms with Gasteiger partial charge in [-0.1, -0.05) is 52.9 Å². The molecule has 1 unspecified atom stereocenters. The van der Waals surface area contributed by atoms with E-state index in [1.807, 2.05) is 13.8 Å². The summed E-state index contributed by atoms with van der Waals surface area (Å²) in [5.41, 5.74) is 0. The van der Waals surface area contributed by atoms with Gasteiger partial charge in [0, 0.05) is 6.42 Å². The van der Waals surface area contributed by atoms with Crippen molar-refractivity contribution in [3.8, 4) is 6.07 Å². The average molecular weight is 181 g/mol. The molecule has 1 aliphatic carbocycles. The lowest BCUT2D eigenvalue weighted by atomic mass is 9.87. The van der Waals surface area contributed by atoms with Gasteiger partial charge in [0.15, 0.2) is 0 Å². The Morgan fingerprint density at radius 1 is 1.31 bits per heavy atom. The molecule has 0 aliphatic heterocycles. The van der Waals surface area contributed by atoms with Crippen molar-refractivity contribution >= 4 is 0 Å². The fraction of sp³-hybridized carbons (Fsp3) is 0.917. The Kier molecular flexibility index (Phi) is 7.79. The van der Waals surface area contributed by atoms with Crippen LogP contribution in [0.4, 0.5) is 0 Å². The van der Waals surface area contributed by atoms with E-state index in [0.717, 1.165) is 12.3 Å². The van der Waals surface area contributed by atoms with Crippen molar-refractivity contribution in [2.75, 3.05) is 0 Å². The molecule has 0 heterocycles. The van der Waals surface area contributed by atoms with Gasteiger partial charge in [-0.3, -0.25) is 0 Å². The first-order chi connectivity index (χ1) is 6.38. The van der Waals surface area contributed by atoms with Gasteiger partial charge in [-0.25, -0.2) is 0 Å². The van der Waals surface area contributed by atoms with Gasteiger partial charge in [-0.2, -0.15) is 5.26 Å². The molecule has 1 fully saturated rings. The maximum atomic E-state index is 8.58. The van der Waals surface area contributed by atoms with Crippen LogP contribution < -0.4 is 0 Å². The first-order valence-electron chi connectivity index (χ1n) is 5.75. The number of rotatable bonds is 3. The number of hydrogen-bond acceptors (Lipinski definition) is 1. The van der Waals surface area contributed by atoms with Crippen molar-refractivity contribution in [2.45, 2.75) is 59.3 Å². The molecule has 0 radical (unpaired) electrons. The molecule has 0 N–H and O–H groups in total. The van der Waals surface area contributed by atoms with Gasteiger partial charge in [0.1, 0.15) is 0 Å². The lowest BCUT2D eigenvalue weighted by Gasteiger charge is -2.18. The van der Waals surface area contributed by atoms with Crippen molar-refractivity contribution in [3.05, 3.63) is 0 Å². The lowest BCUT2D eigenvalue weighted by Crippen LogP contribution is -2.09. The molecule has 1 nitrogen and oxygen atoms in total. The zero-order valence-corrected chi connectivity index (χ0v) is 9.34. The second-order valence-electron chi connectivity index (χ2n) is 3.58. The molecule has 0 spiro atoms. The third-order valence-corrected chi connectivity index (χ3v) is 2.94. The van der Waals surface area contributed by atoms with Gasteiger partial charge in [-0.05, 0) is 11.8 Å². The standard InChI is InChI=1S/C10H17N.C2H6/c1-2-9(7-8-11)10-5-3-4-6-10;1-2/h9-10H,2-7H2,1H3;1-2H3. The fourth-order valence-corrected chi connectivity index (χ4v) is 2.19.